The van der Waals surface area contributed by atoms with Crippen LogP contribution in [0.5, 0.6) is 0 Å². The van der Waals surface area contributed by atoms with E-state index in [4.69, 9.17) is 20.8 Å². The molecule has 5 atom stereocenters. The molecule has 0 aromatic rings. The minimum atomic E-state index is -1.28. The molecule has 2 heterocycles. The standard InChI is InChI=1S/C10H14N4O4/c11-3-5-8(16)6(4-15)18-9(5)14-2-1-7(12)13-10(14)17/h1-2,5-6,8-10,15-17H,4H2,(H2,12,13)/t5-,6+,8-,9+,10?/m0/s1. The predicted molar refractivity (Wildman–Crippen MR) is 59.5 cm³/mol. The van der Waals surface area contributed by atoms with E-state index in [1.54, 1.807) is 0 Å². The maximum Gasteiger partial charge on any atom is 0.229 e. The Kier molecular flexibility index (Phi) is 3.49. The van der Waals surface area contributed by atoms with Gasteiger partial charge in [-0.1, -0.05) is 0 Å². The number of aliphatic imine (C=N–C) groups is 1. The van der Waals surface area contributed by atoms with Gasteiger partial charge in [0, 0.05) is 6.20 Å². The van der Waals surface area contributed by atoms with Gasteiger partial charge in [-0.05, 0) is 6.08 Å². The number of aliphatic hydroxyl groups excluding tert-OH is 3. The molecular formula is C10H14N4O4. The molecule has 0 saturated carbocycles. The highest BCUT2D eigenvalue weighted by Gasteiger charge is 2.47. The van der Waals surface area contributed by atoms with Gasteiger partial charge in [-0.25, -0.2) is 4.99 Å². The molecule has 1 unspecified atom stereocenters. The van der Waals surface area contributed by atoms with Gasteiger partial charge in [0.05, 0.1) is 12.7 Å². The van der Waals surface area contributed by atoms with Crippen LogP contribution in [0.1, 0.15) is 0 Å². The first-order valence-electron chi connectivity index (χ1n) is 5.39. The van der Waals surface area contributed by atoms with Crippen LogP contribution in [0, 0.1) is 17.2 Å². The van der Waals surface area contributed by atoms with Crippen molar-refractivity contribution in [1.82, 2.24) is 4.90 Å². The SMILES string of the molecule is N#C[C@H]1[C@H](O)[C@@H](CO)O[C@H]1N1C=CC(N)=NC1O. The van der Waals surface area contributed by atoms with E-state index in [0.717, 1.165) is 0 Å². The van der Waals surface area contributed by atoms with Crippen LogP contribution in [0.3, 0.4) is 0 Å². The number of nitrogens with two attached hydrogens (primary N) is 1. The molecule has 0 bridgehead atoms. The van der Waals surface area contributed by atoms with Crippen molar-refractivity contribution >= 4 is 5.84 Å². The zero-order valence-electron chi connectivity index (χ0n) is 9.42. The van der Waals surface area contributed by atoms with Gasteiger partial charge < -0.3 is 30.7 Å². The number of amidine groups is 1. The second kappa shape index (κ2) is 4.91. The minimum Gasteiger partial charge on any atom is -0.394 e. The molecule has 0 spiro atoms. The van der Waals surface area contributed by atoms with E-state index < -0.39 is 37.3 Å². The molecule has 0 aromatic heterocycles. The first-order chi connectivity index (χ1) is 8.58. The van der Waals surface area contributed by atoms with Gasteiger partial charge in [0.1, 0.15) is 24.0 Å². The van der Waals surface area contributed by atoms with Crippen molar-refractivity contribution < 1.29 is 20.1 Å². The smallest absolute Gasteiger partial charge is 0.229 e. The Morgan fingerprint density at radius 2 is 2.28 bits per heavy atom. The number of rotatable bonds is 2. The van der Waals surface area contributed by atoms with Crippen LogP contribution in [0.2, 0.25) is 0 Å². The van der Waals surface area contributed by atoms with Crippen molar-refractivity contribution in [1.29, 1.82) is 5.26 Å². The van der Waals surface area contributed by atoms with E-state index >= 15 is 0 Å². The van der Waals surface area contributed by atoms with Crippen molar-refractivity contribution in [3.8, 4) is 6.07 Å². The fourth-order valence-electron chi connectivity index (χ4n) is 1.99. The predicted octanol–water partition coefficient (Wildman–Crippen LogP) is -2.33. The first kappa shape index (κ1) is 12.8. The van der Waals surface area contributed by atoms with Crippen molar-refractivity contribution in [2.24, 2.45) is 16.6 Å². The lowest BCUT2D eigenvalue weighted by Gasteiger charge is -2.32. The van der Waals surface area contributed by atoms with Crippen molar-refractivity contribution in [3.63, 3.8) is 0 Å². The average molecular weight is 254 g/mol. The first-order valence-corrected chi connectivity index (χ1v) is 5.39. The van der Waals surface area contributed by atoms with Crippen molar-refractivity contribution in [2.45, 2.75) is 24.8 Å². The van der Waals surface area contributed by atoms with Crippen LogP contribution >= 0.6 is 0 Å². The molecule has 0 radical (unpaired) electrons. The topological polar surface area (TPSA) is 135 Å². The zero-order valence-corrected chi connectivity index (χ0v) is 9.42. The Morgan fingerprint density at radius 3 is 2.83 bits per heavy atom. The summed E-state index contributed by atoms with van der Waals surface area (Å²) in [6.45, 7) is -0.408. The van der Waals surface area contributed by atoms with Gasteiger partial charge in [-0.3, -0.25) is 0 Å². The van der Waals surface area contributed by atoms with Gasteiger partial charge >= 0.3 is 0 Å². The Labute approximate surface area is 103 Å². The Morgan fingerprint density at radius 1 is 1.56 bits per heavy atom. The molecular weight excluding hydrogens is 240 g/mol. The minimum absolute atomic E-state index is 0.157. The number of aliphatic hydroxyl groups is 3. The highest BCUT2D eigenvalue weighted by atomic mass is 16.5. The molecule has 18 heavy (non-hydrogen) atoms. The largest absolute Gasteiger partial charge is 0.394 e. The molecule has 8 nitrogen and oxygen atoms in total. The van der Waals surface area contributed by atoms with Gasteiger partial charge in [-0.2, -0.15) is 5.26 Å². The van der Waals surface area contributed by atoms with Crippen LogP contribution in [0.15, 0.2) is 17.3 Å². The fourth-order valence-corrected chi connectivity index (χ4v) is 1.99. The lowest BCUT2D eigenvalue weighted by atomic mass is 10.0. The summed E-state index contributed by atoms with van der Waals surface area (Å²) in [7, 11) is 0. The summed E-state index contributed by atoms with van der Waals surface area (Å²) in [6.07, 6.45) is -1.25. The second-order valence-corrected chi connectivity index (χ2v) is 4.06. The Bertz CT molecular complexity index is 419. The molecule has 0 amide bonds. The molecule has 1 fully saturated rings. The number of nitrogens with zero attached hydrogens (tertiary/aromatic N) is 3. The highest BCUT2D eigenvalue weighted by Crippen LogP contribution is 2.30. The van der Waals surface area contributed by atoms with Crippen LogP contribution in [0.25, 0.3) is 0 Å². The van der Waals surface area contributed by atoms with E-state index in [1.807, 2.05) is 6.07 Å². The van der Waals surface area contributed by atoms with E-state index in [9.17, 15) is 10.2 Å². The zero-order chi connectivity index (χ0) is 13.3. The fraction of sp³-hybridized carbons (Fsp3) is 0.600. The molecule has 8 heteroatoms. The number of hydrogen-bond donors (Lipinski definition) is 4. The van der Waals surface area contributed by atoms with Crippen LogP contribution in [-0.4, -0.2) is 57.4 Å². The number of nitriles is 1. The molecule has 0 aliphatic carbocycles. The van der Waals surface area contributed by atoms with Gasteiger partial charge in [0.15, 0.2) is 6.23 Å². The third kappa shape index (κ3) is 2.04. The average Bonchev–Trinajstić information content (AvgIpc) is 2.65. The quantitative estimate of drug-likeness (QED) is 0.434. The van der Waals surface area contributed by atoms with Gasteiger partial charge in [0.25, 0.3) is 0 Å². The molecule has 1 saturated heterocycles. The summed E-state index contributed by atoms with van der Waals surface area (Å²) in [4.78, 5) is 4.98. The summed E-state index contributed by atoms with van der Waals surface area (Å²) in [5.41, 5.74) is 5.42. The summed E-state index contributed by atoms with van der Waals surface area (Å²) >= 11 is 0. The van der Waals surface area contributed by atoms with E-state index in [1.165, 1.54) is 17.2 Å². The molecule has 98 valence electrons. The Balaban J connectivity index is 2.19. The summed E-state index contributed by atoms with van der Waals surface area (Å²) in [6, 6.07) is 1.90. The molecule has 2 aliphatic rings. The highest BCUT2D eigenvalue weighted by molar-refractivity contribution is 5.91. The van der Waals surface area contributed by atoms with E-state index in [0.29, 0.717) is 0 Å². The number of hydrogen-bond acceptors (Lipinski definition) is 8. The van der Waals surface area contributed by atoms with E-state index in [2.05, 4.69) is 4.99 Å². The maximum absolute atomic E-state index is 9.79. The van der Waals surface area contributed by atoms with Crippen LogP contribution in [-0.2, 0) is 4.74 Å². The molecule has 5 N–H and O–H groups in total. The van der Waals surface area contributed by atoms with E-state index in [-0.39, 0.29) is 5.84 Å². The van der Waals surface area contributed by atoms with Crippen molar-refractivity contribution in [2.75, 3.05) is 6.61 Å². The summed E-state index contributed by atoms with van der Waals surface area (Å²) in [5, 5.41) is 37.6. The maximum atomic E-state index is 9.79. The van der Waals surface area contributed by atoms with Gasteiger partial charge in [-0.15, -0.1) is 0 Å². The number of ether oxygens (including phenoxy) is 1. The summed E-state index contributed by atoms with van der Waals surface area (Å²) < 4.78 is 5.35. The Hall–Kier alpha value is -1.66. The molecule has 2 aliphatic heterocycles. The normalized spacial score (nSPS) is 39.6. The third-order valence-electron chi connectivity index (χ3n) is 2.94. The monoisotopic (exact) mass is 254 g/mol. The summed E-state index contributed by atoms with van der Waals surface area (Å²) in [5.74, 6) is -0.736. The lowest BCUT2D eigenvalue weighted by molar-refractivity contribution is -0.114. The van der Waals surface area contributed by atoms with Gasteiger partial charge in [0.2, 0.25) is 6.35 Å². The third-order valence-corrected chi connectivity index (χ3v) is 2.94. The molecule has 0 aromatic carbocycles. The molecule has 2 rings (SSSR count). The van der Waals surface area contributed by atoms with Crippen molar-refractivity contribution in [3.05, 3.63) is 12.3 Å². The lowest BCUT2D eigenvalue weighted by Crippen LogP contribution is -2.45. The van der Waals surface area contributed by atoms with Crippen LogP contribution in [0.4, 0.5) is 0 Å². The van der Waals surface area contributed by atoms with Crippen LogP contribution < -0.4 is 5.73 Å². The second-order valence-electron chi connectivity index (χ2n) is 4.06.